The van der Waals surface area contributed by atoms with Crippen LogP contribution in [0.2, 0.25) is 0 Å². The average molecular weight is 348 g/mol. The predicted octanol–water partition coefficient (Wildman–Crippen LogP) is 7.04. The van der Waals surface area contributed by atoms with E-state index in [1.165, 1.54) is 27.5 Å². The highest BCUT2D eigenvalue weighted by Gasteiger charge is 2.14. The fraction of sp³-hybridized carbons (Fsp3) is 0.0400. The van der Waals surface area contributed by atoms with Crippen LogP contribution in [0.25, 0.3) is 32.9 Å². The first-order chi connectivity index (χ1) is 13.3. The van der Waals surface area contributed by atoms with Crippen LogP contribution < -0.4 is 5.32 Å². The highest BCUT2D eigenvalue weighted by molar-refractivity contribution is 6.14. The molecule has 0 saturated heterocycles. The normalized spacial score (nSPS) is 11.1. The van der Waals surface area contributed by atoms with Crippen molar-refractivity contribution in [1.29, 1.82) is 0 Å². The van der Waals surface area contributed by atoms with Crippen LogP contribution in [-0.4, -0.2) is 4.98 Å². The lowest BCUT2D eigenvalue weighted by Gasteiger charge is -2.15. The molecule has 27 heavy (non-hydrogen) atoms. The second kappa shape index (κ2) is 6.33. The van der Waals surface area contributed by atoms with Crippen molar-refractivity contribution >= 4 is 33.2 Å². The summed E-state index contributed by atoms with van der Waals surface area (Å²) < 4.78 is 0. The number of rotatable bonds is 3. The fourth-order valence-corrected chi connectivity index (χ4v) is 3.75. The van der Waals surface area contributed by atoms with E-state index in [-0.39, 0.29) is 0 Å². The molecule has 1 heterocycles. The minimum Gasteiger partial charge on any atom is -0.353 e. The lowest BCUT2D eigenvalue weighted by atomic mass is 10.0. The number of aromatic nitrogens is 1. The molecule has 0 radical (unpaired) electrons. The molecule has 0 spiro atoms. The largest absolute Gasteiger partial charge is 0.353 e. The molecule has 0 aliphatic rings. The molecule has 5 aromatic rings. The number of hydrogen-bond acceptors (Lipinski definition) is 1. The van der Waals surface area contributed by atoms with Crippen molar-refractivity contribution in [3.8, 4) is 11.1 Å². The van der Waals surface area contributed by atoms with Gasteiger partial charge in [-0.2, -0.15) is 0 Å². The van der Waals surface area contributed by atoms with Crippen molar-refractivity contribution in [2.75, 3.05) is 5.32 Å². The van der Waals surface area contributed by atoms with E-state index in [4.69, 9.17) is 0 Å². The number of anilines is 2. The van der Waals surface area contributed by atoms with Gasteiger partial charge in [0, 0.05) is 27.5 Å². The van der Waals surface area contributed by atoms with Gasteiger partial charge in [-0.05, 0) is 30.2 Å². The summed E-state index contributed by atoms with van der Waals surface area (Å²) in [5.74, 6) is 0. The van der Waals surface area contributed by atoms with E-state index in [2.05, 4.69) is 108 Å². The number of hydrogen-bond donors (Lipinski definition) is 2. The minimum absolute atomic E-state index is 1.12. The predicted molar refractivity (Wildman–Crippen MR) is 116 cm³/mol. The van der Waals surface area contributed by atoms with Crippen LogP contribution in [0.15, 0.2) is 91.0 Å². The third kappa shape index (κ3) is 2.67. The molecule has 0 atom stereocenters. The van der Waals surface area contributed by atoms with Crippen molar-refractivity contribution in [3.63, 3.8) is 0 Å². The van der Waals surface area contributed by atoms with Gasteiger partial charge in [0.15, 0.2) is 0 Å². The van der Waals surface area contributed by atoms with Gasteiger partial charge in [0.25, 0.3) is 0 Å². The number of para-hydroxylation sites is 2. The quantitative estimate of drug-likeness (QED) is 0.359. The number of fused-ring (bicyclic) bond motifs is 3. The summed E-state index contributed by atoms with van der Waals surface area (Å²) in [6.07, 6.45) is 0. The maximum atomic E-state index is 3.71. The van der Waals surface area contributed by atoms with Gasteiger partial charge < -0.3 is 10.3 Å². The Morgan fingerprint density at radius 3 is 2.26 bits per heavy atom. The molecule has 0 aliphatic heterocycles. The summed E-state index contributed by atoms with van der Waals surface area (Å²) in [5.41, 5.74) is 8.16. The molecule has 2 N–H and O–H groups in total. The van der Waals surface area contributed by atoms with Crippen LogP contribution in [0.4, 0.5) is 11.4 Å². The molecule has 2 heteroatoms. The molecule has 0 unspecified atom stereocenters. The zero-order valence-corrected chi connectivity index (χ0v) is 15.2. The van der Waals surface area contributed by atoms with Crippen molar-refractivity contribution in [1.82, 2.24) is 4.98 Å². The molecular formula is C25H20N2. The molecule has 2 nitrogen and oxygen atoms in total. The Bertz CT molecular complexity index is 1250. The van der Waals surface area contributed by atoms with Gasteiger partial charge in [0.2, 0.25) is 0 Å². The molecule has 4 aromatic carbocycles. The molecule has 0 bridgehead atoms. The average Bonchev–Trinajstić information content (AvgIpc) is 3.10. The van der Waals surface area contributed by atoms with Gasteiger partial charge in [-0.15, -0.1) is 0 Å². The Kier molecular flexibility index (Phi) is 3.68. The van der Waals surface area contributed by atoms with E-state index in [0.717, 1.165) is 22.4 Å². The van der Waals surface area contributed by atoms with Gasteiger partial charge in [-0.3, -0.25) is 0 Å². The van der Waals surface area contributed by atoms with Gasteiger partial charge >= 0.3 is 0 Å². The molecule has 130 valence electrons. The molecule has 0 fully saturated rings. The monoisotopic (exact) mass is 348 g/mol. The second-order valence-corrected chi connectivity index (χ2v) is 6.89. The summed E-state index contributed by atoms with van der Waals surface area (Å²) in [7, 11) is 0. The van der Waals surface area contributed by atoms with E-state index in [9.17, 15) is 0 Å². The summed E-state index contributed by atoms with van der Waals surface area (Å²) in [6.45, 7) is 2.13. The minimum atomic E-state index is 1.12. The van der Waals surface area contributed by atoms with Gasteiger partial charge in [-0.1, -0.05) is 78.9 Å². The lowest BCUT2D eigenvalue weighted by molar-refractivity contribution is 1.43. The van der Waals surface area contributed by atoms with Gasteiger partial charge in [0.1, 0.15) is 0 Å². The summed E-state index contributed by atoms with van der Waals surface area (Å²) in [6, 6.07) is 31.9. The molecular weight excluding hydrogens is 328 g/mol. The van der Waals surface area contributed by atoms with E-state index in [0.29, 0.717) is 0 Å². The zero-order chi connectivity index (χ0) is 18.2. The molecule has 0 aliphatic carbocycles. The zero-order valence-electron chi connectivity index (χ0n) is 15.2. The third-order valence-electron chi connectivity index (χ3n) is 5.17. The van der Waals surface area contributed by atoms with Crippen molar-refractivity contribution in [3.05, 3.63) is 96.6 Å². The third-order valence-corrected chi connectivity index (χ3v) is 5.17. The summed E-state index contributed by atoms with van der Waals surface area (Å²) in [4.78, 5) is 3.63. The van der Waals surface area contributed by atoms with Crippen LogP contribution >= 0.6 is 0 Å². The maximum Gasteiger partial charge on any atom is 0.0710 e. The van der Waals surface area contributed by atoms with Gasteiger partial charge in [-0.25, -0.2) is 0 Å². The van der Waals surface area contributed by atoms with Crippen LogP contribution in [0.3, 0.4) is 0 Å². The van der Waals surface area contributed by atoms with E-state index < -0.39 is 0 Å². The lowest BCUT2D eigenvalue weighted by Crippen LogP contribution is -1.96. The van der Waals surface area contributed by atoms with E-state index in [1.54, 1.807) is 0 Å². The first-order valence-corrected chi connectivity index (χ1v) is 9.23. The highest BCUT2D eigenvalue weighted by Crippen LogP contribution is 2.39. The van der Waals surface area contributed by atoms with Crippen LogP contribution in [0.1, 0.15) is 5.56 Å². The highest BCUT2D eigenvalue weighted by atomic mass is 14.9. The summed E-state index contributed by atoms with van der Waals surface area (Å²) >= 11 is 0. The van der Waals surface area contributed by atoms with Crippen LogP contribution in [0.5, 0.6) is 0 Å². The molecule has 0 amide bonds. The number of nitrogens with one attached hydrogen (secondary N) is 2. The Hall–Kier alpha value is -3.52. The standard InChI is InChI=1S/C25H20N2/c1-17-9-5-7-13-22(17)26-24-19(18-10-3-2-4-11-18)15-16-21-20-12-6-8-14-23(20)27-25(21)24/h2-16,26-27H,1H3. The summed E-state index contributed by atoms with van der Waals surface area (Å²) in [5, 5.41) is 6.20. The molecule has 0 saturated carbocycles. The smallest absolute Gasteiger partial charge is 0.0710 e. The van der Waals surface area contributed by atoms with Crippen LogP contribution in [-0.2, 0) is 0 Å². The number of benzene rings is 4. The number of aromatic amines is 1. The fourth-order valence-electron chi connectivity index (χ4n) is 3.75. The number of H-pyrrole nitrogens is 1. The Labute approximate surface area is 158 Å². The van der Waals surface area contributed by atoms with Crippen molar-refractivity contribution in [2.24, 2.45) is 0 Å². The Balaban J connectivity index is 1.81. The second-order valence-electron chi connectivity index (χ2n) is 6.89. The van der Waals surface area contributed by atoms with Gasteiger partial charge in [0.05, 0.1) is 11.2 Å². The first kappa shape index (κ1) is 15.7. The molecule has 5 rings (SSSR count). The number of aryl methyl sites for hydroxylation is 1. The van der Waals surface area contributed by atoms with E-state index >= 15 is 0 Å². The first-order valence-electron chi connectivity index (χ1n) is 9.23. The van der Waals surface area contributed by atoms with Crippen molar-refractivity contribution < 1.29 is 0 Å². The maximum absolute atomic E-state index is 3.71. The Morgan fingerprint density at radius 1 is 0.667 bits per heavy atom. The molecule has 1 aromatic heterocycles. The Morgan fingerprint density at radius 2 is 1.41 bits per heavy atom. The van der Waals surface area contributed by atoms with E-state index in [1.807, 2.05) is 0 Å². The van der Waals surface area contributed by atoms with Crippen LogP contribution in [0, 0.1) is 6.92 Å². The topological polar surface area (TPSA) is 27.8 Å². The SMILES string of the molecule is Cc1ccccc1Nc1c(-c2ccccc2)ccc2c1[nH]c1ccccc12. The van der Waals surface area contributed by atoms with Crippen molar-refractivity contribution in [2.45, 2.75) is 6.92 Å².